The highest BCUT2D eigenvalue weighted by molar-refractivity contribution is 5.39. The van der Waals surface area contributed by atoms with E-state index >= 15 is 0 Å². The molecule has 1 unspecified atom stereocenters. The first-order chi connectivity index (χ1) is 8.84. The molecule has 3 heteroatoms. The van der Waals surface area contributed by atoms with Gasteiger partial charge in [0.25, 0.3) is 0 Å². The lowest BCUT2D eigenvalue weighted by atomic mass is 9.85. The molecule has 0 saturated carbocycles. The molecule has 0 amide bonds. The molecule has 0 radical (unpaired) electrons. The summed E-state index contributed by atoms with van der Waals surface area (Å²) in [4.78, 5) is 0. The van der Waals surface area contributed by atoms with Gasteiger partial charge >= 0.3 is 0 Å². The maximum atomic E-state index is 5.72. The van der Waals surface area contributed by atoms with Crippen molar-refractivity contribution >= 4 is 0 Å². The van der Waals surface area contributed by atoms with Gasteiger partial charge in [-0.15, -0.1) is 0 Å². The lowest BCUT2D eigenvalue weighted by molar-refractivity contribution is 0.408. The Kier molecular flexibility index (Phi) is 5.83. The fourth-order valence-electron chi connectivity index (χ4n) is 1.99. The molecule has 3 N–H and O–H groups in total. The standard InChI is InChI=1S/C16H28N2O/c1-12(17)11-18-9-8-13-10-14(16(2,3)4)6-7-15(13)19-5/h6-7,10,12,18H,8-9,11,17H2,1-5H3. The molecule has 0 aliphatic carbocycles. The van der Waals surface area contributed by atoms with Gasteiger partial charge in [-0.05, 0) is 42.5 Å². The highest BCUT2D eigenvalue weighted by Crippen LogP contribution is 2.28. The summed E-state index contributed by atoms with van der Waals surface area (Å²) in [6.07, 6.45) is 0.958. The quantitative estimate of drug-likeness (QED) is 0.776. The summed E-state index contributed by atoms with van der Waals surface area (Å²) in [5.74, 6) is 0.968. The molecule has 0 aliphatic rings. The van der Waals surface area contributed by atoms with E-state index in [1.54, 1.807) is 7.11 Å². The Bertz CT molecular complexity index is 394. The number of nitrogens with two attached hydrogens (primary N) is 1. The predicted octanol–water partition coefficient (Wildman–Crippen LogP) is 2.47. The van der Waals surface area contributed by atoms with Crippen molar-refractivity contribution in [1.29, 1.82) is 0 Å². The van der Waals surface area contributed by atoms with Crippen LogP contribution in [0.25, 0.3) is 0 Å². The minimum absolute atomic E-state index is 0.167. The third kappa shape index (κ3) is 5.21. The maximum Gasteiger partial charge on any atom is 0.122 e. The van der Waals surface area contributed by atoms with Gasteiger partial charge < -0.3 is 15.8 Å². The van der Waals surface area contributed by atoms with Crippen molar-refractivity contribution in [2.45, 2.75) is 45.6 Å². The predicted molar refractivity (Wildman–Crippen MR) is 81.9 cm³/mol. The number of benzene rings is 1. The largest absolute Gasteiger partial charge is 0.496 e. The molecular weight excluding hydrogens is 236 g/mol. The lowest BCUT2D eigenvalue weighted by Gasteiger charge is -2.21. The summed E-state index contributed by atoms with van der Waals surface area (Å²) in [5.41, 5.74) is 8.49. The van der Waals surface area contributed by atoms with Crippen LogP contribution in [0.1, 0.15) is 38.8 Å². The first kappa shape index (κ1) is 16.0. The Labute approximate surface area is 117 Å². The van der Waals surface area contributed by atoms with Crippen LogP contribution in [0.4, 0.5) is 0 Å². The molecule has 0 aliphatic heterocycles. The molecule has 0 saturated heterocycles. The normalized spacial score (nSPS) is 13.4. The number of nitrogens with one attached hydrogen (secondary N) is 1. The molecule has 1 atom stereocenters. The lowest BCUT2D eigenvalue weighted by Crippen LogP contribution is -2.32. The summed E-state index contributed by atoms with van der Waals surface area (Å²) >= 11 is 0. The van der Waals surface area contributed by atoms with E-state index in [0.717, 1.165) is 25.3 Å². The fourth-order valence-corrected chi connectivity index (χ4v) is 1.99. The number of methoxy groups -OCH3 is 1. The number of rotatable bonds is 6. The van der Waals surface area contributed by atoms with Crippen molar-refractivity contribution in [2.24, 2.45) is 5.73 Å². The number of hydrogen-bond acceptors (Lipinski definition) is 3. The molecular formula is C16H28N2O. The van der Waals surface area contributed by atoms with E-state index in [1.807, 2.05) is 6.92 Å². The van der Waals surface area contributed by atoms with Crippen LogP contribution in [0.15, 0.2) is 18.2 Å². The van der Waals surface area contributed by atoms with Gasteiger partial charge in [0.1, 0.15) is 5.75 Å². The van der Waals surface area contributed by atoms with Crippen LogP contribution in [-0.2, 0) is 11.8 Å². The Morgan fingerprint density at radius 3 is 2.53 bits per heavy atom. The van der Waals surface area contributed by atoms with Crippen molar-refractivity contribution in [3.63, 3.8) is 0 Å². The van der Waals surface area contributed by atoms with Gasteiger partial charge in [0.15, 0.2) is 0 Å². The molecule has 1 aromatic carbocycles. The van der Waals surface area contributed by atoms with Gasteiger partial charge in [-0.2, -0.15) is 0 Å². The minimum atomic E-state index is 0.167. The van der Waals surface area contributed by atoms with Crippen LogP contribution in [-0.4, -0.2) is 26.2 Å². The van der Waals surface area contributed by atoms with E-state index in [1.165, 1.54) is 11.1 Å². The molecule has 0 fully saturated rings. The van der Waals surface area contributed by atoms with Crippen LogP contribution < -0.4 is 15.8 Å². The highest BCUT2D eigenvalue weighted by atomic mass is 16.5. The van der Waals surface area contributed by atoms with E-state index in [4.69, 9.17) is 10.5 Å². The zero-order chi connectivity index (χ0) is 14.5. The molecule has 19 heavy (non-hydrogen) atoms. The fraction of sp³-hybridized carbons (Fsp3) is 0.625. The first-order valence-corrected chi connectivity index (χ1v) is 6.98. The zero-order valence-corrected chi connectivity index (χ0v) is 12.9. The van der Waals surface area contributed by atoms with Gasteiger partial charge in [-0.25, -0.2) is 0 Å². The molecule has 0 spiro atoms. The first-order valence-electron chi connectivity index (χ1n) is 6.98. The smallest absolute Gasteiger partial charge is 0.122 e. The zero-order valence-electron chi connectivity index (χ0n) is 12.9. The van der Waals surface area contributed by atoms with Gasteiger partial charge in [0, 0.05) is 12.6 Å². The molecule has 0 aromatic heterocycles. The Hall–Kier alpha value is -1.06. The summed E-state index contributed by atoms with van der Waals surface area (Å²) in [6, 6.07) is 6.67. The van der Waals surface area contributed by atoms with Crippen molar-refractivity contribution in [2.75, 3.05) is 20.2 Å². The Morgan fingerprint density at radius 2 is 2.00 bits per heavy atom. The molecule has 1 aromatic rings. The van der Waals surface area contributed by atoms with E-state index in [9.17, 15) is 0 Å². The Morgan fingerprint density at radius 1 is 1.32 bits per heavy atom. The third-order valence-electron chi connectivity index (χ3n) is 3.18. The Balaban J connectivity index is 2.73. The second kappa shape index (κ2) is 6.92. The topological polar surface area (TPSA) is 47.3 Å². The monoisotopic (exact) mass is 264 g/mol. The van der Waals surface area contributed by atoms with Crippen LogP contribution in [0.3, 0.4) is 0 Å². The third-order valence-corrected chi connectivity index (χ3v) is 3.18. The van der Waals surface area contributed by atoms with E-state index < -0.39 is 0 Å². The highest BCUT2D eigenvalue weighted by Gasteiger charge is 2.15. The van der Waals surface area contributed by atoms with Crippen LogP contribution in [0.5, 0.6) is 5.75 Å². The van der Waals surface area contributed by atoms with Crippen LogP contribution in [0, 0.1) is 0 Å². The van der Waals surface area contributed by atoms with Crippen molar-refractivity contribution < 1.29 is 4.74 Å². The van der Waals surface area contributed by atoms with Crippen molar-refractivity contribution in [1.82, 2.24) is 5.32 Å². The van der Waals surface area contributed by atoms with E-state index in [2.05, 4.69) is 44.3 Å². The summed E-state index contributed by atoms with van der Waals surface area (Å²) in [5, 5.41) is 3.36. The van der Waals surface area contributed by atoms with Gasteiger partial charge in [-0.1, -0.05) is 32.9 Å². The summed E-state index contributed by atoms with van der Waals surface area (Å²) in [7, 11) is 1.73. The van der Waals surface area contributed by atoms with Gasteiger partial charge in [-0.3, -0.25) is 0 Å². The van der Waals surface area contributed by atoms with Crippen molar-refractivity contribution in [3.05, 3.63) is 29.3 Å². The second-order valence-corrected chi connectivity index (χ2v) is 6.21. The van der Waals surface area contributed by atoms with Gasteiger partial charge in [0.05, 0.1) is 7.11 Å². The average molecular weight is 264 g/mol. The molecule has 3 nitrogen and oxygen atoms in total. The number of hydrogen-bond donors (Lipinski definition) is 2. The molecule has 108 valence electrons. The van der Waals surface area contributed by atoms with Gasteiger partial charge in [0.2, 0.25) is 0 Å². The summed E-state index contributed by atoms with van der Waals surface area (Å²) in [6.45, 7) is 10.5. The molecule has 1 rings (SSSR count). The average Bonchev–Trinajstić information content (AvgIpc) is 2.33. The van der Waals surface area contributed by atoms with Crippen molar-refractivity contribution in [3.8, 4) is 5.75 Å². The SMILES string of the molecule is COc1ccc(C(C)(C)C)cc1CCNCC(C)N. The minimum Gasteiger partial charge on any atom is -0.496 e. The molecule has 0 bridgehead atoms. The molecule has 0 heterocycles. The van der Waals surface area contributed by atoms with Crippen LogP contribution in [0.2, 0.25) is 0 Å². The van der Waals surface area contributed by atoms with E-state index in [-0.39, 0.29) is 11.5 Å². The second-order valence-electron chi connectivity index (χ2n) is 6.21. The summed E-state index contributed by atoms with van der Waals surface area (Å²) < 4.78 is 5.44. The van der Waals surface area contributed by atoms with E-state index in [0.29, 0.717) is 0 Å². The number of ether oxygens (including phenoxy) is 1. The van der Waals surface area contributed by atoms with Crippen LogP contribution >= 0.6 is 0 Å². The maximum absolute atomic E-state index is 5.72.